The van der Waals surface area contributed by atoms with Crippen LogP contribution in [0.25, 0.3) is 6.08 Å². The molecule has 3 aromatic carbocycles. The maximum Gasteiger partial charge on any atom is 0.118 e. The number of allylic oxidation sites excluding steroid dienone is 1. The Balaban J connectivity index is 1.74. The Bertz CT molecular complexity index is 881. The van der Waals surface area contributed by atoms with Crippen molar-refractivity contribution in [2.45, 2.75) is 19.3 Å². The van der Waals surface area contributed by atoms with E-state index in [1.807, 2.05) is 12.1 Å². The van der Waals surface area contributed by atoms with Gasteiger partial charge in [0.05, 0.1) is 7.11 Å². The van der Waals surface area contributed by atoms with E-state index in [1.165, 1.54) is 16.7 Å². The van der Waals surface area contributed by atoms with Gasteiger partial charge in [-0.15, -0.1) is 0 Å². The maximum atomic E-state index is 5.26. The second-order valence-electron chi connectivity index (χ2n) is 7.87. The van der Waals surface area contributed by atoms with Crippen molar-refractivity contribution in [1.82, 2.24) is 0 Å². The molecule has 136 valence electrons. The van der Waals surface area contributed by atoms with Gasteiger partial charge >= 0.3 is 0 Å². The predicted octanol–water partition coefficient (Wildman–Crippen LogP) is 6.35. The van der Waals surface area contributed by atoms with Crippen LogP contribution in [0.5, 0.6) is 5.75 Å². The van der Waals surface area contributed by atoms with Gasteiger partial charge in [0, 0.05) is 5.41 Å². The van der Waals surface area contributed by atoms with E-state index in [2.05, 4.69) is 98.8 Å². The number of hydrogen-bond acceptors (Lipinski definition) is 1. The monoisotopic (exact) mass is 354 g/mol. The molecule has 1 atom stereocenters. The summed E-state index contributed by atoms with van der Waals surface area (Å²) in [5.41, 5.74) is 4.15. The van der Waals surface area contributed by atoms with Crippen LogP contribution < -0.4 is 4.74 Å². The summed E-state index contributed by atoms with van der Waals surface area (Å²) < 4.78 is 5.26. The van der Waals surface area contributed by atoms with Gasteiger partial charge in [-0.05, 0) is 40.2 Å². The molecule has 0 bridgehead atoms. The Kier molecular flexibility index (Phi) is 4.39. The molecule has 4 rings (SSSR count). The van der Waals surface area contributed by atoms with Gasteiger partial charge in [-0.25, -0.2) is 0 Å². The zero-order valence-corrected chi connectivity index (χ0v) is 16.2. The van der Waals surface area contributed by atoms with Crippen LogP contribution in [0.15, 0.2) is 91.0 Å². The van der Waals surface area contributed by atoms with Crippen LogP contribution in [0.2, 0.25) is 0 Å². The third-order valence-electron chi connectivity index (χ3n) is 6.23. The second-order valence-corrected chi connectivity index (χ2v) is 7.87. The Morgan fingerprint density at radius 3 is 1.74 bits per heavy atom. The summed E-state index contributed by atoms with van der Waals surface area (Å²) in [6.07, 6.45) is 4.64. The van der Waals surface area contributed by atoms with E-state index in [0.717, 1.165) is 5.75 Å². The Hall–Kier alpha value is -2.80. The number of hydrogen-bond donors (Lipinski definition) is 0. The number of methoxy groups -OCH3 is 1. The molecule has 1 heteroatoms. The molecule has 1 saturated carbocycles. The first-order valence-electron chi connectivity index (χ1n) is 9.54. The Labute approximate surface area is 162 Å². The third-order valence-corrected chi connectivity index (χ3v) is 6.23. The van der Waals surface area contributed by atoms with Crippen LogP contribution in [0.3, 0.4) is 0 Å². The molecular formula is C26H26O. The lowest BCUT2D eigenvalue weighted by atomic mass is 9.81. The highest BCUT2D eigenvalue weighted by Gasteiger charge is 2.70. The van der Waals surface area contributed by atoms with Crippen molar-refractivity contribution in [3.8, 4) is 5.75 Å². The maximum absolute atomic E-state index is 5.26. The fraction of sp³-hybridized carbons (Fsp3) is 0.231. The summed E-state index contributed by atoms with van der Waals surface area (Å²) in [6, 6.07) is 30.1. The van der Waals surface area contributed by atoms with E-state index in [4.69, 9.17) is 4.74 Å². The van der Waals surface area contributed by atoms with Gasteiger partial charge in [-0.2, -0.15) is 0 Å². The van der Waals surface area contributed by atoms with Crippen molar-refractivity contribution < 1.29 is 4.74 Å². The van der Waals surface area contributed by atoms with Crippen molar-refractivity contribution in [1.29, 1.82) is 0 Å². The Morgan fingerprint density at radius 1 is 0.741 bits per heavy atom. The van der Waals surface area contributed by atoms with E-state index < -0.39 is 0 Å². The van der Waals surface area contributed by atoms with Crippen molar-refractivity contribution >= 4 is 6.08 Å². The van der Waals surface area contributed by atoms with E-state index in [0.29, 0.717) is 5.92 Å². The van der Waals surface area contributed by atoms with Gasteiger partial charge in [0.25, 0.3) is 0 Å². The van der Waals surface area contributed by atoms with Crippen LogP contribution in [0, 0.1) is 11.3 Å². The van der Waals surface area contributed by atoms with Gasteiger partial charge in [0.15, 0.2) is 0 Å². The minimum absolute atomic E-state index is 0.0124. The van der Waals surface area contributed by atoms with Crippen LogP contribution in [0.4, 0.5) is 0 Å². The molecular weight excluding hydrogens is 328 g/mol. The summed E-state index contributed by atoms with van der Waals surface area (Å²) in [6.45, 7) is 4.77. The quantitative estimate of drug-likeness (QED) is 0.519. The topological polar surface area (TPSA) is 9.23 Å². The predicted molar refractivity (Wildman–Crippen MR) is 113 cm³/mol. The minimum atomic E-state index is 0.0124. The largest absolute Gasteiger partial charge is 0.497 e. The van der Waals surface area contributed by atoms with Crippen LogP contribution in [0.1, 0.15) is 30.5 Å². The molecule has 27 heavy (non-hydrogen) atoms. The van der Waals surface area contributed by atoms with E-state index in [9.17, 15) is 0 Å². The molecule has 0 aliphatic heterocycles. The van der Waals surface area contributed by atoms with Crippen molar-refractivity contribution in [3.05, 3.63) is 108 Å². The minimum Gasteiger partial charge on any atom is -0.497 e. The molecule has 0 heterocycles. The fourth-order valence-electron chi connectivity index (χ4n) is 4.78. The second kappa shape index (κ2) is 6.74. The number of benzene rings is 3. The molecule has 1 fully saturated rings. The molecule has 0 radical (unpaired) electrons. The molecule has 1 aliphatic carbocycles. The summed E-state index contributed by atoms with van der Waals surface area (Å²) >= 11 is 0. The van der Waals surface area contributed by atoms with Crippen LogP contribution >= 0.6 is 0 Å². The van der Waals surface area contributed by atoms with Gasteiger partial charge in [-0.3, -0.25) is 0 Å². The lowest BCUT2D eigenvalue weighted by Gasteiger charge is -2.22. The molecule has 1 aliphatic rings. The first kappa shape index (κ1) is 17.6. The normalized spacial score (nSPS) is 19.7. The van der Waals surface area contributed by atoms with Crippen molar-refractivity contribution in [3.63, 3.8) is 0 Å². The molecule has 1 unspecified atom stereocenters. The van der Waals surface area contributed by atoms with Crippen molar-refractivity contribution in [2.24, 2.45) is 11.3 Å². The highest BCUT2D eigenvalue weighted by Crippen LogP contribution is 2.73. The number of ether oxygens (including phenoxy) is 1. The fourth-order valence-corrected chi connectivity index (χ4v) is 4.78. The highest BCUT2D eigenvalue weighted by molar-refractivity contribution is 5.59. The first-order valence-corrected chi connectivity index (χ1v) is 9.54. The van der Waals surface area contributed by atoms with Gasteiger partial charge in [0.1, 0.15) is 5.75 Å². The molecule has 0 spiro atoms. The zero-order valence-electron chi connectivity index (χ0n) is 16.2. The smallest absolute Gasteiger partial charge is 0.118 e. The van der Waals surface area contributed by atoms with Gasteiger partial charge in [0.2, 0.25) is 0 Å². The average molecular weight is 354 g/mol. The molecule has 0 saturated heterocycles. The summed E-state index contributed by atoms with van der Waals surface area (Å²) in [4.78, 5) is 0. The lowest BCUT2D eigenvalue weighted by molar-refractivity contribution is 0.415. The molecule has 0 amide bonds. The molecule has 0 N–H and O–H groups in total. The van der Waals surface area contributed by atoms with Crippen LogP contribution in [-0.2, 0) is 5.41 Å². The van der Waals surface area contributed by atoms with E-state index in [1.54, 1.807) is 7.11 Å². The van der Waals surface area contributed by atoms with Gasteiger partial charge < -0.3 is 4.74 Å². The first-order chi connectivity index (χ1) is 13.1. The average Bonchev–Trinajstić information content (AvgIpc) is 3.23. The molecule has 0 aromatic heterocycles. The molecule has 1 nitrogen and oxygen atoms in total. The number of rotatable bonds is 5. The molecule has 3 aromatic rings. The zero-order chi connectivity index (χ0) is 18.9. The van der Waals surface area contributed by atoms with Crippen molar-refractivity contribution in [2.75, 3.05) is 7.11 Å². The summed E-state index contributed by atoms with van der Waals surface area (Å²) in [5.74, 6) is 1.33. The summed E-state index contributed by atoms with van der Waals surface area (Å²) in [7, 11) is 1.70. The summed E-state index contributed by atoms with van der Waals surface area (Å²) in [5, 5.41) is 0. The lowest BCUT2D eigenvalue weighted by Crippen LogP contribution is -2.16. The third kappa shape index (κ3) is 2.78. The van der Waals surface area contributed by atoms with E-state index in [-0.39, 0.29) is 10.8 Å². The Morgan fingerprint density at radius 2 is 1.26 bits per heavy atom. The van der Waals surface area contributed by atoms with Gasteiger partial charge in [-0.1, -0.05) is 98.8 Å². The SMILES string of the molecule is COc1ccc(/C=C/C2C(C)(C)C2(c2ccccc2)c2ccccc2)cc1. The van der Waals surface area contributed by atoms with Crippen LogP contribution in [-0.4, -0.2) is 7.11 Å². The standard InChI is InChI=1S/C26H26O/c1-25(2)24(19-16-20-14-17-23(27-3)18-15-20)26(25,21-10-6-4-7-11-21)22-12-8-5-9-13-22/h4-19,24H,1-3H3/b19-16+. The highest BCUT2D eigenvalue weighted by atomic mass is 16.5. The van der Waals surface area contributed by atoms with E-state index >= 15 is 0 Å².